The summed E-state index contributed by atoms with van der Waals surface area (Å²) in [5, 5.41) is 6.10. The monoisotopic (exact) mass is 494 g/mol. The Kier molecular flexibility index (Phi) is 7.17. The predicted octanol–water partition coefficient (Wildman–Crippen LogP) is 2.52. The molecule has 194 valence electrons. The van der Waals surface area contributed by atoms with E-state index in [0.717, 1.165) is 57.4 Å². The van der Waals surface area contributed by atoms with E-state index >= 15 is 0 Å². The average molecular weight is 495 g/mol. The molecule has 8 heteroatoms. The fourth-order valence-corrected chi connectivity index (χ4v) is 6.40. The molecule has 0 saturated carbocycles. The molecule has 5 aliphatic rings. The van der Waals surface area contributed by atoms with E-state index in [4.69, 9.17) is 4.74 Å². The summed E-state index contributed by atoms with van der Waals surface area (Å²) in [6, 6.07) is 10.2. The predicted molar refractivity (Wildman–Crippen MR) is 139 cm³/mol. The maximum atomic E-state index is 13.9. The van der Waals surface area contributed by atoms with Gasteiger partial charge in [-0.1, -0.05) is 36.8 Å². The van der Waals surface area contributed by atoms with E-state index in [9.17, 15) is 9.59 Å². The molecule has 2 bridgehead atoms. The van der Waals surface area contributed by atoms with Crippen LogP contribution in [0.25, 0.3) is 0 Å². The van der Waals surface area contributed by atoms with Gasteiger partial charge in [0.1, 0.15) is 17.9 Å². The lowest BCUT2D eigenvalue weighted by atomic mass is 9.82. The molecule has 0 aromatic heterocycles. The van der Waals surface area contributed by atoms with Crippen molar-refractivity contribution >= 4 is 18.1 Å². The number of esters is 1. The first-order valence-electron chi connectivity index (χ1n) is 13.5. The lowest BCUT2D eigenvalue weighted by molar-refractivity contribution is -0.939. The summed E-state index contributed by atoms with van der Waals surface area (Å²) in [4.78, 5) is 33.5. The highest BCUT2D eigenvalue weighted by molar-refractivity contribution is 5.82. The smallest absolute Gasteiger partial charge is 0.331 e. The number of piperidine rings is 4. The minimum Gasteiger partial charge on any atom is -0.454 e. The number of rotatable bonds is 7. The van der Waals surface area contributed by atoms with E-state index in [1.807, 2.05) is 44.2 Å². The molecule has 1 amide bonds. The van der Waals surface area contributed by atoms with Gasteiger partial charge in [0.15, 0.2) is 12.6 Å². The van der Waals surface area contributed by atoms with E-state index in [1.54, 1.807) is 12.4 Å². The van der Waals surface area contributed by atoms with Crippen LogP contribution in [0, 0.1) is 5.92 Å². The summed E-state index contributed by atoms with van der Waals surface area (Å²) in [5.41, 5.74) is 0.191. The van der Waals surface area contributed by atoms with Crippen LogP contribution in [0.1, 0.15) is 51.5 Å². The molecule has 0 aliphatic carbocycles. The molecule has 6 rings (SSSR count). The molecule has 8 nitrogen and oxygen atoms in total. The Morgan fingerprint density at radius 1 is 1.17 bits per heavy atom. The Balaban J connectivity index is 1.28. The highest BCUT2D eigenvalue weighted by Crippen LogP contribution is 2.38. The van der Waals surface area contributed by atoms with Gasteiger partial charge in [-0.3, -0.25) is 9.69 Å². The van der Waals surface area contributed by atoms with Crippen LogP contribution in [-0.2, 0) is 19.9 Å². The van der Waals surface area contributed by atoms with Crippen LogP contribution in [0.2, 0.25) is 0 Å². The number of aliphatic imine (C=N–C) groups is 1. The van der Waals surface area contributed by atoms with Gasteiger partial charge < -0.3 is 19.9 Å². The summed E-state index contributed by atoms with van der Waals surface area (Å²) >= 11 is 0. The Bertz CT molecular complexity index is 1010. The summed E-state index contributed by atoms with van der Waals surface area (Å²) < 4.78 is 7.07. The molecule has 2 N–H and O–H groups in total. The van der Waals surface area contributed by atoms with Crippen molar-refractivity contribution in [2.75, 3.05) is 39.3 Å². The number of ether oxygens (including phenoxy) is 1. The second-order valence-electron chi connectivity index (χ2n) is 11.2. The van der Waals surface area contributed by atoms with Crippen LogP contribution in [0.4, 0.5) is 0 Å². The normalized spacial score (nSPS) is 31.6. The standard InChI is InChI=1S/C28H39N5O3/c1-21-17-30-25(18-29-21)31-26(34)20-33-15-11-22(12-16-33)24(19-33)36-27(35)28(2,23-9-5-3-6-10-23)32-13-7-4-8-14-32/h3,5-6,9-10,17-18,21-22,24,29H,4,7-8,11-16,19-20H2,1-2H3/p+1/t21?,22?,24-,28?,33?/m0/s1. The highest BCUT2D eigenvalue weighted by atomic mass is 16.5. The van der Waals surface area contributed by atoms with E-state index in [1.165, 1.54) is 6.42 Å². The molecule has 5 aliphatic heterocycles. The number of quaternary nitrogens is 1. The van der Waals surface area contributed by atoms with Gasteiger partial charge >= 0.3 is 5.97 Å². The SMILES string of the molecule is CC1C=NC(NC(=O)C[N+]23CCC(CC2)[C@@H](OC(=O)C(C)(c2ccccc2)N2CCCCC2)C3)=CN1. The zero-order valence-corrected chi connectivity index (χ0v) is 21.6. The van der Waals surface area contributed by atoms with Crippen molar-refractivity contribution < 1.29 is 18.8 Å². The third-order valence-electron chi connectivity index (χ3n) is 8.69. The fraction of sp³-hybridized carbons (Fsp3) is 0.607. The van der Waals surface area contributed by atoms with Crippen molar-refractivity contribution in [3.63, 3.8) is 0 Å². The first-order valence-corrected chi connectivity index (χ1v) is 13.5. The van der Waals surface area contributed by atoms with Gasteiger partial charge in [0.25, 0.3) is 5.91 Å². The molecular weight excluding hydrogens is 454 g/mol. The number of benzene rings is 1. The van der Waals surface area contributed by atoms with Crippen molar-refractivity contribution in [1.29, 1.82) is 0 Å². The van der Waals surface area contributed by atoms with Crippen molar-refractivity contribution in [1.82, 2.24) is 15.5 Å². The van der Waals surface area contributed by atoms with E-state index < -0.39 is 5.54 Å². The molecule has 36 heavy (non-hydrogen) atoms. The zero-order chi connectivity index (χ0) is 25.2. The van der Waals surface area contributed by atoms with Gasteiger partial charge in [-0.05, 0) is 45.3 Å². The molecule has 0 spiro atoms. The molecular formula is C28H40N5O3+. The fourth-order valence-electron chi connectivity index (χ4n) is 6.40. The molecule has 0 radical (unpaired) electrons. The first kappa shape index (κ1) is 25.0. The Labute approximate surface area is 214 Å². The van der Waals surface area contributed by atoms with E-state index in [0.29, 0.717) is 29.3 Å². The quantitative estimate of drug-likeness (QED) is 0.450. The van der Waals surface area contributed by atoms with Crippen LogP contribution in [0.5, 0.6) is 0 Å². The number of likely N-dealkylation sites (tertiary alicyclic amines) is 1. The number of hydrogen-bond donors (Lipinski definition) is 2. The molecule has 1 aromatic carbocycles. The van der Waals surface area contributed by atoms with Gasteiger partial charge in [0, 0.05) is 31.2 Å². The summed E-state index contributed by atoms with van der Waals surface area (Å²) in [7, 11) is 0. The lowest BCUT2D eigenvalue weighted by Crippen LogP contribution is -2.67. The molecule has 4 saturated heterocycles. The second kappa shape index (κ2) is 10.3. The lowest BCUT2D eigenvalue weighted by Gasteiger charge is -2.52. The molecule has 3 atom stereocenters. The summed E-state index contributed by atoms with van der Waals surface area (Å²) in [6.07, 6.45) is 8.76. The number of carbonyl (C=O) groups is 2. The second-order valence-corrected chi connectivity index (χ2v) is 11.2. The van der Waals surface area contributed by atoms with Gasteiger partial charge in [-0.15, -0.1) is 0 Å². The van der Waals surface area contributed by atoms with E-state index in [-0.39, 0.29) is 24.0 Å². The van der Waals surface area contributed by atoms with Crippen molar-refractivity contribution in [3.8, 4) is 0 Å². The topological polar surface area (TPSA) is 83.0 Å². The summed E-state index contributed by atoms with van der Waals surface area (Å²) in [5.74, 6) is 0.725. The Hall–Kier alpha value is -2.71. The molecule has 5 heterocycles. The van der Waals surface area contributed by atoms with Crippen LogP contribution in [0.3, 0.4) is 0 Å². The van der Waals surface area contributed by atoms with E-state index in [2.05, 4.69) is 20.5 Å². The minimum absolute atomic E-state index is 0.0392. The number of nitrogens with zero attached hydrogens (tertiary/aromatic N) is 3. The molecule has 1 aromatic rings. The molecule has 2 unspecified atom stereocenters. The number of carbonyl (C=O) groups excluding carboxylic acids is 2. The van der Waals surface area contributed by atoms with Crippen LogP contribution in [0.15, 0.2) is 47.3 Å². The minimum atomic E-state index is -0.800. The largest absolute Gasteiger partial charge is 0.454 e. The van der Waals surface area contributed by atoms with Crippen molar-refractivity contribution in [3.05, 3.63) is 47.9 Å². The van der Waals surface area contributed by atoms with Crippen LogP contribution >= 0.6 is 0 Å². The maximum absolute atomic E-state index is 13.9. The Morgan fingerprint density at radius 3 is 2.56 bits per heavy atom. The van der Waals surface area contributed by atoms with Crippen LogP contribution < -0.4 is 10.6 Å². The maximum Gasteiger partial charge on any atom is 0.331 e. The summed E-state index contributed by atoms with van der Waals surface area (Å²) in [6.45, 7) is 8.82. The Morgan fingerprint density at radius 2 is 1.89 bits per heavy atom. The van der Waals surface area contributed by atoms with Gasteiger partial charge in [-0.25, -0.2) is 9.79 Å². The van der Waals surface area contributed by atoms with Crippen molar-refractivity contribution in [2.45, 2.75) is 63.6 Å². The third kappa shape index (κ3) is 5.06. The van der Waals surface area contributed by atoms with Gasteiger partial charge in [0.05, 0.1) is 19.1 Å². The number of nitrogens with one attached hydrogen (secondary N) is 2. The average Bonchev–Trinajstić information content (AvgIpc) is 2.91. The number of amides is 1. The molecule has 4 fully saturated rings. The number of fused-ring (bicyclic) bond motifs is 3. The van der Waals surface area contributed by atoms with Crippen molar-refractivity contribution in [2.24, 2.45) is 10.9 Å². The third-order valence-corrected chi connectivity index (χ3v) is 8.69. The van der Waals surface area contributed by atoms with Gasteiger partial charge in [0.2, 0.25) is 0 Å². The zero-order valence-electron chi connectivity index (χ0n) is 21.6. The van der Waals surface area contributed by atoms with Crippen LogP contribution in [-0.4, -0.2) is 78.9 Å². The van der Waals surface area contributed by atoms with Gasteiger partial charge in [-0.2, -0.15) is 0 Å². The number of hydrogen-bond acceptors (Lipinski definition) is 6. The highest BCUT2D eigenvalue weighted by Gasteiger charge is 2.51. The first-order chi connectivity index (χ1) is 17.4.